The first kappa shape index (κ1) is 13.5. The van der Waals surface area contributed by atoms with Crippen molar-refractivity contribution in [1.29, 1.82) is 0 Å². The summed E-state index contributed by atoms with van der Waals surface area (Å²) in [4.78, 5) is 15.4. The molecule has 0 fully saturated rings. The SMILES string of the molecule is CCCCc1ccc(C2=N[C@@H](C(=O)NO)CO2)cc1. The third-order valence-corrected chi connectivity index (χ3v) is 3.08. The molecule has 0 unspecified atom stereocenters. The molecule has 0 saturated carbocycles. The number of hydrogen-bond donors (Lipinski definition) is 2. The summed E-state index contributed by atoms with van der Waals surface area (Å²) in [5.41, 5.74) is 3.73. The molecule has 0 saturated heterocycles. The summed E-state index contributed by atoms with van der Waals surface area (Å²) in [6, 6.07) is 7.33. The molecule has 1 amide bonds. The van der Waals surface area contributed by atoms with Crippen LogP contribution in [0.15, 0.2) is 29.3 Å². The summed E-state index contributed by atoms with van der Waals surface area (Å²) in [6.07, 6.45) is 3.42. The Labute approximate surface area is 112 Å². The Kier molecular flexibility index (Phi) is 4.52. The Hall–Kier alpha value is -1.88. The van der Waals surface area contributed by atoms with E-state index in [0.717, 1.165) is 12.0 Å². The lowest BCUT2D eigenvalue weighted by atomic mass is 10.1. The first-order valence-corrected chi connectivity index (χ1v) is 6.48. The van der Waals surface area contributed by atoms with Crippen LogP contribution in [0.2, 0.25) is 0 Å². The molecule has 2 rings (SSSR count). The zero-order valence-corrected chi connectivity index (χ0v) is 10.9. The lowest BCUT2D eigenvalue weighted by Crippen LogP contribution is -2.31. The maximum absolute atomic E-state index is 11.2. The molecule has 19 heavy (non-hydrogen) atoms. The number of aryl methyl sites for hydroxylation is 1. The molecule has 0 spiro atoms. The van der Waals surface area contributed by atoms with Crippen LogP contribution in [0.1, 0.15) is 30.9 Å². The second kappa shape index (κ2) is 6.33. The van der Waals surface area contributed by atoms with Crippen molar-refractivity contribution < 1.29 is 14.7 Å². The number of benzene rings is 1. The summed E-state index contributed by atoms with van der Waals surface area (Å²) in [7, 11) is 0. The van der Waals surface area contributed by atoms with Gasteiger partial charge in [0.05, 0.1) is 0 Å². The van der Waals surface area contributed by atoms with Crippen LogP contribution in [-0.2, 0) is 16.0 Å². The van der Waals surface area contributed by atoms with Crippen molar-refractivity contribution in [2.24, 2.45) is 4.99 Å². The van der Waals surface area contributed by atoms with Crippen molar-refractivity contribution >= 4 is 11.8 Å². The van der Waals surface area contributed by atoms with Crippen molar-refractivity contribution in [3.05, 3.63) is 35.4 Å². The molecule has 0 bridgehead atoms. The Morgan fingerprint density at radius 2 is 2.21 bits per heavy atom. The van der Waals surface area contributed by atoms with Crippen molar-refractivity contribution in [1.82, 2.24) is 5.48 Å². The minimum atomic E-state index is -0.667. The fourth-order valence-corrected chi connectivity index (χ4v) is 1.94. The Morgan fingerprint density at radius 1 is 1.47 bits per heavy atom. The van der Waals surface area contributed by atoms with Gasteiger partial charge in [-0.1, -0.05) is 25.5 Å². The van der Waals surface area contributed by atoms with Gasteiger partial charge in [-0.3, -0.25) is 10.0 Å². The molecular formula is C14H18N2O3. The smallest absolute Gasteiger partial charge is 0.271 e. The Morgan fingerprint density at radius 3 is 2.84 bits per heavy atom. The van der Waals surface area contributed by atoms with Gasteiger partial charge in [-0.25, -0.2) is 10.5 Å². The highest BCUT2D eigenvalue weighted by Crippen LogP contribution is 2.14. The van der Waals surface area contributed by atoms with Gasteiger partial charge in [0.15, 0.2) is 6.04 Å². The predicted octanol–water partition coefficient (Wildman–Crippen LogP) is 1.68. The molecule has 1 aromatic rings. The third kappa shape index (κ3) is 3.32. The number of nitrogens with one attached hydrogen (secondary N) is 1. The van der Waals surface area contributed by atoms with Gasteiger partial charge in [0.1, 0.15) is 6.61 Å². The molecule has 0 aliphatic carbocycles. The van der Waals surface area contributed by atoms with E-state index in [4.69, 9.17) is 9.94 Å². The van der Waals surface area contributed by atoms with Crippen LogP contribution >= 0.6 is 0 Å². The van der Waals surface area contributed by atoms with Crippen molar-refractivity contribution in [2.45, 2.75) is 32.2 Å². The summed E-state index contributed by atoms with van der Waals surface area (Å²) in [5.74, 6) is -0.0924. The largest absolute Gasteiger partial charge is 0.475 e. The summed E-state index contributed by atoms with van der Waals surface area (Å²) in [6.45, 7) is 2.33. The van der Waals surface area contributed by atoms with E-state index >= 15 is 0 Å². The van der Waals surface area contributed by atoms with E-state index in [9.17, 15) is 4.79 Å². The maximum atomic E-state index is 11.2. The number of nitrogens with zero attached hydrogens (tertiary/aromatic N) is 1. The van der Waals surface area contributed by atoms with Crippen molar-refractivity contribution in [3.8, 4) is 0 Å². The van der Waals surface area contributed by atoms with Gasteiger partial charge in [0.25, 0.3) is 5.91 Å². The highest BCUT2D eigenvalue weighted by Gasteiger charge is 2.26. The van der Waals surface area contributed by atoms with Crippen LogP contribution in [0.5, 0.6) is 0 Å². The van der Waals surface area contributed by atoms with E-state index in [1.54, 1.807) is 5.48 Å². The third-order valence-electron chi connectivity index (χ3n) is 3.08. The Balaban J connectivity index is 2.04. The predicted molar refractivity (Wildman–Crippen MR) is 71.3 cm³/mol. The molecule has 1 aromatic carbocycles. The molecule has 5 heteroatoms. The number of carbonyl (C=O) groups excluding carboxylic acids is 1. The zero-order valence-electron chi connectivity index (χ0n) is 10.9. The summed E-state index contributed by atoms with van der Waals surface area (Å²) < 4.78 is 5.37. The van der Waals surface area contributed by atoms with Crippen LogP contribution < -0.4 is 5.48 Å². The minimum absolute atomic E-state index is 0.166. The van der Waals surface area contributed by atoms with Crippen LogP contribution in [0.3, 0.4) is 0 Å². The lowest BCUT2D eigenvalue weighted by Gasteiger charge is -2.03. The zero-order chi connectivity index (χ0) is 13.7. The van der Waals surface area contributed by atoms with Gasteiger partial charge < -0.3 is 4.74 Å². The number of ether oxygens (including phenoxy) is 1. The van der Waals surface area contributed by atoms with Crippen LogP contribution in [0, 0.1) is 0 Å². The lowest BCUT2D eigenvalue weighted by molar-refractivity contribution is -0.130. The highest BCUT2D eigenvalue weighted by atomic mass is 16.5. The van der Waals surface area contributed by atoms with Crippen LogP contribution in [0.4, 0.5) is 0 Å². The topological polar surface area (TPSA) is 70.9 Å². The molecule has 1 heterocycles. The van der Waals surface area contributed by atoms with E-state index in [2.05, 4.69) is 24.0 Å². The van der Waals surface area contributed by atoms with Gasteiger partial charge in [0.2, 0.25) is 5.90 Å². The quantitative estimate of drug-likeness (QED) is 0.626. The van der Waals surface area contributed by atoms with Gasteiger partial charge in [0, 0.05) is 5.56 Å². The van der Waals surface area contributed by atoms with E-state index in [0.29, 0.717) is 5.90 Å². The number of rotatable bonds is 5. The van der Waals surface area contributed by atoms with Gasteiger partial charge in [-0.05, 0) is 30.5 Å². The van der Waals surface area contributed by atoms with Crippen molar-refractivity contribution in [2.75, 3.05) is 6.61 Å². The number of hydrogen-bond acceptors (Lipinski definition) is 4. The van der Waals surface area contributed by atoms with Gasteiger partial charge in [-0.15, -0.1) is 0 Å². The molecule has 1 aliphatic heterocycles. The van der Waals surface area contributed by atoms with Crippen molar-refractivity contribution in [3.63, 3.8) is 0 Å². The monoisotopic (exact) mass is 262 g/mol. The van der Waals surface area contributed by atoms with E-state index < -0.39 is 11.9 Å². The molecule has 102 valence electrons. The van der Waals surface area contributed by atoms with Gasteiger partial charge >= 0.3 is 0 Å². The summed E-state index contributed by atoms with van der Waals surface area (Å²) >= 11 is 0. The second-order valence-electron chi connectivity index (χ2n) is 4.54. The highest BCUT2D eigenvalue weighted by molar-refractivity contribution is 5.98. The second-order valence-corrected chi connectivity index (χ2v) is 4.54. The Bertz CT molecular complexity index is 468. The molecule has 5 nitrogen and oxygen atoms in total. The first-order valence-electron chi connectivity index (χ1n) is 6.48. The molecule has 1 aliphatic rings. The van der Waals surface area contributed by atoms with Crippen LogP contribution in [0.25, 0.3) is 0 Å². The normalized spacial score (nSPS) is 17.8. The van der Waals surface area contributed by atoms with E-state index in [1.807, 2.05) is 12.1 Å². The molecule has 1 atom stereocenters. The first-order chi connectivity index (χ1) is 9.24. The van der Waals surface area contributed by atoms with Crippen LogP contribution in [-0.4, -0.2) is 29.7 Å². The number of amides is 1. The standard InChI is InChI=1S/C14H18N2O3/c1-2-3-4-10-5-7-11(8-6-10)14-15-12(9-19-14)13(17)16-18/h5-8,12,18H,2-4,9H2,1H3,(H,16,17)/t12-/m1/s1. The average molecular weight is 262 g/mol. The van der Waals surface area contributed by atoms with E-state index in [-0.39, 0.29) is 6.61 Å². The number of carbonyl (C=O) groups is 1. The molecule has 2 N–H and O–H groups in total. The molecule has 0 aromatic heterocycles. The number of hydroxylamine groups is 1. The van der Waals surface area contributed by atoms with Gasteiger partial charge in [-0.2, -0.15) is 0 Å². The number of aliphatic imine (C=N–C) groups is 1. The fraction of sp³-hybridized carbons (Fsp3) is 0.429. The maximum Gasteiger partial charge on any atom is 0.271 e. The summed E-state index contributed by atoms with van der Waals surface area (Å²) in [5, 5.41) is 8.55. The molecule has 0 radical (unpaired) electrons. The number of unbranched alkanes of at least 4 members (excludes halogenated alkanes) is 1. The van der Waals surface area contributed by atoms with E-state index in [1.165, 1.54) is 18.4 Å². The minimum Gasteiger partial charge on any atom is -0.475 e. The average Bonchev–Trinajstić information content (AvgIpc) is 2.94. The molecular weight excluding hydrogens is 244 g/mol. The fourth-order valence-electron chi connectivity index (χ4n) is 1.94.